The standard InChI is InChI=1S/C20H33N3O2/c1-7-23(5)13-21-18-12-19(24-6)20(22-15(18)4)25-17-10-8-16(9-11-17)14(2)3/h12-14,16-17H,7-11H2,1-6H3/b21-13+. The third-order valence-electron chi connectivity index (χ3n) is 5.17. The van der Waals surface area contributed by atoms with E-state index in [0.29, 0.717) is 11.6 Å². The van der Waals surface area contributed by atoms with Gasteiger partial charge in [-0.05, 0) is 51.4 Å². The van der Waals surface area contributed by atoms with E-state index in [2.05, 4.69) is 30.7 Å². The molecule has 0 atom stereocenters. The number of aliphatic imine (C=N–C) groups is 1. The molecular formula is C20H33N3O2. The predicted octanol–water partition coefficient (Wildman–Crippen LogP) is 4.60. The summed E-state index contributed by atoms with van der Waals surface area (Å²) in [6, 6.07) is 1.91. The van der Waals surface area contributed by atoms with Gasteiger partial charge in [-0.2, -0.15) is 0 Å². The zero-order valence-electron chi connectivity index (χ0n) is 16.6. The van der Waals surface area contributed by atoms with Crippen LogP contribution in [0.15, 0.2) is 11.1 Å². The largest absolute Gasteiger partial charge is 0.491 e. The summed E-state index contributed by atoms with van der Waals surface area (Å²) in [7, 11) is 3.65. The van der Waals surface area contributed by atoms with Crippen molar-refractivity contribution in [3.05, 3.63) is 11.8 Å². The summed E-state index contributed by atoms with van der Waals surface area (Å²) in [6.07, 6.45) is 6.69. The molecule has 25 heavy (non-hydrogen) atoms. The molecule has 0 spiro atoms. The molecule has 0 unspecified atom stereocenters. The fourth-order valence-corrected chi connectivity index (χ4v) is 3.19. The third kappa shape index (κ3) is 5.35. The van der Waals surface area contributed by atoms with Crippen molar-refractivity contribution >= 4 is 12.0 Å². The Morgan fingerprint density at radius 3 is 2.56 bits per heavy atom. The Balaban J connectivity index is 2.08. The maximum absolute atomic E-state index is 6.19. The molecule has 1 aliphatic rings. The number of nitrogens with zero attached hydrogens (tertiary/aromatic N) is 3. The van der Waals surface area contributed by atoms with E-state index < -0.39 is 0 Å². The molecule has 1 fully saturated rings. The molecule has 1 heterocycles. The summed E-state index contributed by atoms with van der Waals surface area (Å²) in [5, 5.41) is 0. The Bertz CT molecular complexity index is 579. The van der Waals surface area contributed by atoms with E-state index in [1.807, 2.05) is 31.3 Å². The maximum Gasteiger partial charge on any atom is 0.257 e. The average molecular weight is 348 g/mol. The summed E-state index contributed by atoms with van der Waals surface area (Å²) < 4.78 is 11.7. The van der Waals surface area contributed by atoms with Gasteiger partial charge in [0.25, 0.3) is 5.88 Å². The van der Waals surface area contributed by atoms with Crippen LogP contribution in [-0.2, 0) is 0 Å². The van der Waals surface area contributed by atoms with Crippen molar-refractivity contribution in [3.63, 3.8) is 0 Å². The first-order valence-corrected chi connectivity index (χ1v) is 9.41. The first-order valence-electron chi connectivity index (χ1n) is 9.41. The minimum atomic E-state index is 0.233. The van der Waals surface area contributed by atoms with Gasteiger partial charge in [-0.3, -0.25) is 0 Å². The van der Waals surface area contributed by atoms with Crippen LogP contribution >= 0.6 is 0 Å². The molecule has 1 aliphatic carbocycles. The molecule has 1 saturated carbocycles. The third-order valence-corrected chi connectivity index (χ3v) is 5.17. The SMILES string of the molecule is CCN(C)/C=N/c1cc(OC)c(OC2CCC(C(C)C)CC2)nc1C. The number of aromatic nitrogens is 1. The molecule has 0 bridgehead atoms. The van der Waals surface area contributed by atoms with Crippen LogP contribution in [0.3, 0.4) is 0 Å². The van der Waals surface area contributed by atoms with E-state index in [0.717, 1.165) is 42.6 Å². The van der Waals surface area contributed by atoms with Crippen LogP contribution in [0.1, 0.15) is 52.1 Å². The highest BCUT2D eigenvalue weighted by Gasteiger charge is 2.25. The Kier molecular flexibility index (Phi) is 7.09. The first kappa shape index (κ1) is 19.5. The molecule has 5 nitrogen and oxygen atoms in total. The summed E-state index contributed by atoms with van der Waals surface area (Å²) in [5.41, 5.74) is 1.67. The second-order valence-electron chi connectivity index (χ2n) is 7.32. The lowest BCUT2D eigenvalue weighted by Crippen LogP contribution is -2.26. The van der Waals surface area contributed by atoms with Gasteiger partial charge in [0.05, 0.1) is 24.8 Å². The second-order valence-corrected chi connectivity index (χ2v) is 7.32. The summed E-state index contributed by atoms with van der Waals surface area (Å²) in [5.74, 6) is 2.83. The molecule has 140 valence electrons. The molecule has 5 heteroatoms. The van der Waals surface area contributed by atoms with Gasteiger partial charge < -0.3 is 14.4 Å². The smallest absolute Gasteiger partial charge is 0.257 e. The predicted molar refractivity (Wildman–Crippen MR) is 103 cm³/mol. The minimum Gasteiger partial charge on any atom is -0.491 e. The lowest BCUT2D eigenvalue weighted by Gasteiger charge is -2.31. The molecule has 0 amide bonds. The van der Waals surface area contributed by atoms with E-state index in [1.54, 1.807) is 7.11 Å². The Hall–Kier alpha value is -1.78. The van der Waals surface area contributed by atoms with E-state index in [-0.39, 0.29) is 6.10 Å². The van der Waals surface area contributed by atoms with Gasteiger partial charge in [-0.1, -0.05) is 13.8 Å². The Morgan fingerprint density at radius 1 is 1.32 bits per heavy atom. The second kappa shape index (κ2) is 9.07. The van der Waals surface area contributed by atoms with E-state index >= 15 is 0 Å². The van der Waals surface area contributed by atoms with Crippen molar-refractivity contribution in [1.82, 2.24) is 9.88 Å². The molecule has 0 aromatic carbocycles. The van der Waals surface area contributed by atoms with Crippen LogP contribution in [0.25, 0.3) is 0 Å². The highest BCUT2D eigenvalue weighted by Crippen LogP contribution is 2.36. The highest BCUT2D eigenvalue weighted by atomic mass is 16.5. The topological polar surface area (TPSA) is 47.0 Å². The lowest BCUT2D eigenvalue weighted by molar-refractivity contribution is 0.108. The summed E-state index contributed by atoms with van der Waals surface area (Å²) in [4.78, 5) is 11.1. The van der Waals surface area contributed by atoms with Gasteiger partial charge >= 0.3 is 0 Å². The first-order chi connectivity index (χ1) is 11.9. The Morgan fingerprint density at radius 2 is 2.00 bits per heavy atom. The molecule has 0 radical (unpaired) electrons. The number of hydrogen-bond donors (Lipinski definition) is 0. The van der Waals surface area contributed by atoms with Crippen molar-refractivity contribution in [1.29, 1.82) is 0 Å². The normalized spacial score (nSPS) is 20.9. The zero-order chi connectivity index (χ0) is 18.4. The van der Waals surface area contributed by atoms with Crippen LogP contribution < -0.4 is 9.47 Å². The highest BCUT2D eigenvalue weighted by molar-refractivity contribution is 5.63. The van der Waals surface area contributed by atoms with Crippen LogP contribution in [0.2, 0.25) is 0 Å². The fraction of sp³-hybridized carbons (Fsp3) is 0.700. The molecule has 1 aromatic heterocycles. The van der Waals surface area contributed by atoms with Crippen LogP contribution in [0.4, 0.5) is 5.69 Å². The van der Waals surface area contributed by atoms with Crippen LogP contribution in [0.5, 0.6) is 11.6 Å². The van der Waals surface area contributed by atoms with E-state index in [9.17, 15) is 0 Å². The van der Waals surface area contributed by atoms with Gasteiger partial charge in [0.1, 0.15) is 6.10 Å². The summed E-state index contributed by atoms with van der Waals surface area (Å²) >= 11 is 0. The van der Waals surface area contributed by atoms with Crippen molar-refractivity contribution in [2.75, 3.05) is 20.7 Å². The zero-order valence-corrected chi connectivity index (χ0v) is 16.6. The fourth-order valence-electron chi connectivity index (χ4n) is 3.19. The van der Waals surface area contributed by atoms with Crippen molar-refractivity contribution < 1.29 is 9.47 Å². The molecule has 0 aliphatic heterocycles. The number of methoxy groups -OCH3 is 1. The number of ether oxygens (including phenoxy) is 2. The number of rotatable bonds is 7. The Labute approximate surface area is 152 Å². The summed E-state index contributed by atoms with van der Waals surface area (Å²) in [6.45, 7) is 9.58. The molecular weight excluding hydrogens is 314 g/mol. The number of pyridine rings is 1. The van der Waals surface area contributed by atoms with Gasteiger partial charge in [-0.15, -0.1) is 0 Å². The van der Waals surface area contributed by atoms with Gasteiger partial charge in [0, 0.05) is 19.7 Å². The average Bonchev–Trinajstić information content (AvgIpc) is 2.61. The van der Waals surface area contributed by atoms with E-state index in [4.69, 9.17) is 9.47 Å². The number of hydrogen-bond acceptors (Lipinski definition) is 4. The molecule has 1 aromatic rings. The van der Waals surface area contributed by atoms with Gasteiger partial charge in [0.15, 0.2) is 5.75 Å². The quantitative estimate of drug-likeness (QED) is 0.534. The molecule has 2 rings (SSSR count). The lowest BCUT2D eigenvalue weighted by atomic mass is 9.80. The van der Waals surface area contributed by atoms with Crippen LogP contribution in [0, 0.1) is 18.8 Å². The van der Waals surface area contributed by atoms with Gasteiger partial charge in [-0.25, -0.2) is 9.98 Å². The minimum absolute atomic E-state index is 0.233. The van der Waals surface area contributed by atoms with Crippen molar-refractivity contribution in [2.45, 2.75) is 59.5 Å². The molecule has 0 saturated heterocycles. The van der Waals surface area contributed by atoms with E-state index in [1.165, 1.54) is 12.8 Å². The maximum atomic E-state index is 6.19. The monoisotopic (exact) mass is 347 g/mol. The van der Waals surface area contributed by atoms with Crippen molar-refractivity contribution in [3.8, 4) is 11.6 Å². The molecule has 0 N–H and O–H groups in total. The van der Waals surface area contributed by atoms with Crippen molar-refractivity contribution in [2.24, 2.45) is 16.8 Å². The van der Waals surface area contributed by atoms with Crippen LogP contribution in [-0.4, -0.2) is 43.0 Å². The van der Waals surface area contributed by atoms with Gasteiger partial charge in [0.2, 0.25) is 0 Å². The number of aryl methyl sites for hydroxylation is 1.